The fraction of sp³-hybridized carbons (Fsp3) is 0.323. The van der Waals surface area contributed by atoms with E-state index in [1.807, 2.05) is 48.5 Å². The van der Waals surface area contributed by atoms with Crippen molar-refractivity contribution in [3.8, 4) is 5.75 Å². The Balaban J connectivity index is 1.19. The first-order valence-electron chi connectivity index (χ1n) is 13.0. The van der Waals surface area contributed by atoms with Crippen LogP contribution in [0.15, 0.2) is 102 Å². The summed E-state index contributed by atoms with van der Waals surface area (Å²) in [6, 6.07) is 32.5. The summed E-state index contributed by atoms with van der Waals surface area (Å²) in [6.07, 6.45) is 1.38. The van der Waals surface area contributed by atoms with Gasteiger partial charge in [0.15, 0.2) is 5.76 Å². The van der Waals surface area contributed by atoms with Gasteiger partial charge in [-0.1, -0.05) is 84.0 Å². The van der Waals surface area contributed by atoms with Gasteiger partial charge in [-0.2, -0.15) is 0 Å². The van der Waals surface area contributed by atoms with Gasteiger partial charge in [-0.3, -0.25) is 4.90 Å². The molecule has 0 amide bonds. The van der Waals surface area contributed by atoms with Crippen molar-refractivity contribution in [3.05, 3.63) is 120 Å². The number of aliphatic hydroxyl groups is 1. The summed E-state index contributed by atoms with van der Waals surface area (Å²) >= 11 is 0. The summed E-state index contributed by atoms with van der Waals surface area (Å²) in [6.45, 7) is 2.57. The molecule has 5 rings (SSSR count). The van der Waals surface area contributed by atoms with E-state index in [2.05, 4.69) is 58.6 Å². The standard InChI is InChI=1S/C31H34N2O4/c34-30-17-16-28(18-26-19-29(37-32-26)23-35-27-14-8-3-9-15-27)36-31(30)22-33(20-24-10-4-1-5-11-24)21-25-12-6-2-7-13-25/h1-15,19,28,30-31,34H,16-18,20-23H2. The van der Waals surface area contributed by atoms with Gasteiger partial charge in [0.25, 0.3) is 0 Å². The van der Waals surface area contributed by atoms with E-state index < -0.39 is 6.10 Å². The molecular formula is C31H34N2O4. The third-order valence-corrected chi connectivity index (χ3v) is 6.69. The van der Waals surface area contributed by atoms with Crippen LogP contribution in [-0.2, 0) is 30.9 Å². The zero-order valence-electron chi connectivity index (χ0n) is 21.0. The average Bonchev–Trinajstić information content (AvgIpc) is 3.38. The molecule has 3 unspecified atom stereocenters. The van der Waals surface area contributed by atoms with Gasteiger partial charge in [0.05, 0.1) is 24.0 Å². The van der Waals surface area contributed by atoms with Crippen LogP contribution in [0.25, 0.3) is 0 Å². The van der Waals surface area contributed by atoms with Crippen LogP contribution >= 0.6 is 0 Å². The van der Waals surface area contributed by atoms with Crippen LogP contribution in [-0.4, -0.2) is 40.0 Å². The first-order valence-corrected chi connectivity index (χ1v) is 13.0. The van der Waals surface area contributed by atoms with Crippen molar-refractivity contribution >= 4 is 0 Å². The van der Waals surface area contributed by atoms with Gasteiger partial charge in [0, 0.05) is 32.1 Å². The minimum absolute atomic E-state index is 0.0170. The molecule has 6 heteroatoms. The molecular weight excluding hydrogens is 464 g/mol. The molecule has 192 valence electrons. The number of hydrogen-bond donors (Lipinski definition) is 1. The summed E-state index contributed by atoms with van der Waals surface area (Å²) in [7, 11) is 0. The van der Waals surface area contributed by atoms with Gasteiger partial charge in [-0.15, -0.1) is 0 Å². The van der Waals surface area contributed by atoms with E-state index in [0.717, 1.165) is 31.0 Å². The van der Waals surface area contributed by atoms with Crippen molar-refractivity contribution < 1.29 is 19.1 Å². The van der Waals surface area contributed by atoms with Crippen LogP contribution in [0.3, 0.4) is 0 Å². The van der Waals surface area contributed by atoms with Crippen LogP contribution in [0.5, 0.6) is 5.75 Å². The van der Waals surface area contributed by atoms with Crippen molar-refractivity contribution in [2.45, 2.75) is 57.3 Å². The van der Waals surface area contributed by atoms with Gasteiger partial charge < -0.3 is 19.1 Å². The monoisotopic (exact) mass is 498 g/mol. The molecule has 0 radical (unpaired) electrons. The Morgan fingerprint density at radius 1 is 0.838 bits per heavy atom. The highest BCUT2D eigenvalue weighted by atomic mass is 16.5. The van der Waals surface area contributed by atoms with Crippen molar-refractivity contribution in [2.75, 3.05) is 6.54 Å². The highest BCUT2D eigenvalue weighted by Crippen LogP contribution is 2.25. The van der Waals surface area contributed by atoms with E-state index in [-0.39, 0.29) is 12.2 Å². The lowest BCUT2D eigenvalue weighted by Gasteiger charge is -2.37. The lowest BCUT2D eigenvalue weighted by atomic mass is 9.97. The molecule has 1 aromatic heterocycles. The summed E-state index contributed by atoms with van der Waals surface area (Å²) in [5, 5.41) is 15.0. The minimum Gasteiger partial charge on any atom is -0.486 e. The molecule has 1 aliphatic rings. The predicted octanol–water partition coefficient (Wildman–Crippen LogP) is 5.41. The highest BCUT2D eigenvalue weighted by molar-refractivity contribution is 5.21. The predicted molar refractivity (Wildman–Crippen MR) is 142 cm³/mol. The van der Waals surface area contributed by atoms with Crippen molar-refractivity contribution in [1.82, 2.24) is 10.1 Å². The van der Waals surface area contributed by atoms with Crippen LogP contribution in [0.2, 0.25) is 0 Å². The molecule has 3 atom stereocenters. The van der Waals surface area contributed by atoms with Gasteiger partial charge >= 0.3 is 0 Å². The van der Waals surface area contributed by atoms with Crippen molar-refractivity contribution in [3.63, 3.8) is 0 Å². The molecule has 2 heterocycles. The largest absolute Gasteiger partial charge is 0.486 e. The topological polar surface area (TPSA) is 68.0 Å². The lowest BCUT2D eigenvalue weighted by molar-refractivity contribution is -0.127. The SMILES string of the molecule is OC1CCC(Cc2cc(COc3ccccc3)on2)OC1CN(Cc1ccccc1)Cc1ccccc1. The summed E-state index contributed by atoms with van der Waals surface area (Å²) in [5.41, 5.74) is 3.33. The molecule has 1 aliphatic heterocycles. The van der Waals surface area contributed by atoms with E-state index in [1.54, 1.807) is 0 Å². The smallest absolute Gasteiger partial charge is 0.174 e. The van der Waals surface area contributed by atoms with E-state index in [1.165, 1.54) is 11.1 Å². The molecule has 37 heavy (non-hydrogen) atoms. The summed E-state index contributed by atoms with van der Waals surface area (Å²) < 4.78 is 17.7. The molecule has 6 nitrogen and oxygen atoms in total. The quantitative estimate of drug-likeness (QED) is 0.298. The normalized spacial score (nSPS) is 19.7. The average molecular weight is 499 g/mol. The fourth-order valence-corrected chi connectivity index (χ4v) is 4.81. The number of nitrogens with zero attached hydrogens (tertiary/aromatic N) is 2. The summed E-state index contributed by atoms with van der Waals surface area (Å²) in [5.74, 6) is 1.48. The van der Waals surface area contributed by atoms with Gasteiger partial charge in [-0.05, 0) is 36.1 Å². The number of ether oxygens (including phenoxy) is 2. The molecule has 1 fully saturated rings. The molecule has 0 saturated carbocycles. The first-order chi connectivity index (χ1) is 18.2. The van der Waals surface area contributed by atoms with Crippen LogP contribution < -0.4 is 4.74 Å². The Morgan fingerprint density at radius 3 is 2.11 bits per heavy atom. The molecule has 3 aromatic carbocycles. The number of hydrogen-bond acceptors (Lipinski definition) is 6. The maximum absolute atomic E-state index is 10.8. The summed E-state index contributed by atoms with van der Waals surface area (Å²) in [4.78, 5) is 2.36. The Labute approximate surface area is 218 Å². The lowest BCUT2D eigenvalue weighted by Crippen LogP contribution is -2.46. The van der Waals surface area contributed by atoms with E-state index >= 15 is 0 Å². The van der Waals surface area contributed by atoms with Crippen LogP contribution in [0.4, 0.5) is 0 Å². The highest BCUT2D eigenvalue weighted by Gasteiger charge is 2.32. The van der Waals surface area contributed by atoms with Crippen LogP contribution in [0.1, 0.15) is 35.4 Å². The molecule has 0 aliphatic carbocycles. The van der Waals surface area contributed by atoms with Gasteiger partial charge in [-0.25, -0.2) is 0 Å². The minimum atomic E-state index is -0.488. The zero-order valence-corrected chi connectivity index (χ0v) is 21.0. The second kappa shape index (κ2) is 12.7. The van der Waals surface area contributed by atoms with Crippen LogP contribution in [0, 0.1) is 0 Å². The third-order valence-electron chi connectivity index (χ3n) is 6.69. The number of rotatable bonds is 11. The van der Waals surface area contributed by atoms with Gasteiger partial charge in [0.1, 0.15) is 12.4 Å². The van der Waals surface area contributed by atoms with Crippen molar-refractivity contribution in [1.29, 1.82) is 0 Å². The number of para-hydroxylation sites is 1. The maximum atomic E-state index is 10.8. The Bertz CT molecular complexity index is 1160. The van der Waals surface area contributed by atoms with E-state index in [0.29, 0.717) is 31.8 Å². The van der Waals surface area contributed by atoms with Gasteiger partial charge in [0.2, 0.25) is 0 Å². The zero-order chi connectivity index (χ0) is 25.3. The Kier molecular flexibility index (Phi) is 8.64. The molecule has 1 N–H and O–H groups in total. The second-order valence-electron chi connectivity index (χ2n) is 9.67. The second-order valence-corrected chi connectivity index (χ2v) is 9.67. The number of aliphatic hydroxyl groups excluding tert-OH is 1. The molecule has 4 aromatic rings. The Hall–Kier alpha value is -3.45. The number of benzene rings is 3. The molecule has 1 saturated heterocycles. The Morgan fingerprint density at radius 2 is 1.46 bits per heavy atom. The maximum Gasteiger partial charge on any atom is 0.174 e. The molecule has 0 spiro atoms. The van der Waals surface area contributed by atoms with Crippen molar-refractivity contribution in [2.24, 2.45) is 0 Å². The molecule has 0 bridgehead atoms. The third kappa shape index (κ3) is 7.52. The fourth-order valence-electron chi connectivity index (χ4n) is 4.81. The van der Waals surface area contributed by atoms with E-state index in [4.69, 9.17) is 14.0 Å². The first kappa shape index (κ1) is 25.2. The van der Waals surface area contributed by atoms with E-state index in [9.17, 15) is 5.11 Å². The number of aromatic nitrogens is 1.